The molecule has 1 rings (SSSR count). The van der Waals surface area contributed by atoms with Gasteiger partial charge in [0, 0.05) is 13.0 Å². The molecule has 0 aromatic rings. The van der Waals surface area contributed by atoms with Crippen LogP contribution in [0.5, 0.6) is 0 Å². The van der Waals surface area contributed by atoms with E-state index in [1.54, 1.807) is 0 Å². The highest BCUT2D eigenvalue weighted by atomic mass is 16.7. The first-order valence-corrected chi connectivity index (χ1v) is 4.56. The van der Waals surface area contributed by atoms with Crippen LogP contribution in [0.25, 0.3) is 0 Å². The van der Waals surface area contributed by atoms with Gasteiger partial charge in [-0.15, -0.1) is 0 Å². The van der Waals surface area contributed by atoms with Crippen LogP contribution in [0.4, 0.5) is 0 Å². The van der Waals surface area contributed by atoms with Crippen molar-refractivity contribution in [3.05, 3.63) is 0 Å². The molecule has 0 unspecified atom stereocenters. The number of hydrogen-bond acceptors (Lipinski definition) is 2. The van der Waals surface area contributed by atoms with Gasteiger partial charge >= 0.3 is 0 Å². The largest absolute Gasteiger partial charge is 0.353 e. The van der Waals surface area contributed by atoms with E-state index in [0.29, 0.717) is 5.92 Å². The van der Waals surface area contributed by atoms with Gasteiger partial charge in [-0.05, 0) is 12.3 Å². The molecule has 1 fully saturated rings. The second-order valence-electron chi connectivity index (χ2n) is 3.33. The molecular weight excluding hydrogens is 140 g/mol. The predicted molar refractivity (Wildman–Crippen MR) is 44.4 cm³/mol. The Balaban J connectivity index is 1.99. The van der Waals surface area contributed by atoms with E-state index >= 15 is 0 Å². The molecule has 1 saturated heterocycles. The molecular formula is C9H18O2. The molecule has 1 heterocycles. The maximum Gasteiger partial charge on any atom is 0.157 e. The van der Waals surface area contributed by atoms with Crippen LogP contribution in [0.2, 0.25) is 0 Å². The minimum atomic E-state index is 0.0940. The molecule has 0 aromatic heterocycles. The molecule has 0 amide bonds. The lowest BCUT2D eigenvalue weighted by Gasteiger charge is -2.09. The molecule has 0 aliphatic carbocycles. The van der Waals surface area contributed by atoms with E-state index in [2.05, 4.69) is 13.8 Å². The van der Waals surface area contributed by atoms with E-state index in [0.717, 1.165) is 26.1 Å². The zero-order valence-corrected chi connectivity index (χ0v) is 7.51. The van der Waals surface area contributed by atoms with Gasteiger partial charge < -0.3 is 9.47 Å². The normalized spacial score (nSPS) is 31.1. The fourth-order valence-corrected chi connectivity index (χ4v) is 1.21. The highest BCUT2D eigenvalue weighted by molar-refractivity contribution is 4.62. The van der Waals surface area contributed by atoms with Crippen molar-refractivity contribution in [2.75, 3.05) is 13.2 Å². The number of ether oxygens (including phenoxy) is 2. The summed E-state index contributed by atoms with van der Waals surface area (Å²) >= 11 is 0. The van der Waals surface area contributed by atoms with Crippen LogP contribution >= 0.6 is 0 Å². The Kier molecular flexibility index (Phi) is 3.87. The summed E-state index contributed by atoms with van der Waals surface area (Å²) in [6.07, 6.45) is 3.51. The standard InChI is InChI=1S/C9H18O2/c1-3-4-5-10-9-6-8(2)7-11-9/h8-9H,3-7H2,1-2H3/t8-,9-/m1/s1. The summed E-state index contributed by atoms with van der Waals surface area (Å²) in [7, 11) is 0. The Morgan fingerprint density at radius 1 is 1.55 bits per heavy atom. The smallest absolute Gasteiger partial charge is 0.157 e. The van der Waals surface area contributed by atoms with Gasteiger partial charge in [-0.3, -0.25) is 0 Å². The molecule has 1 aliphatic heterocycles. The molecule has 0 aromatic carbocycles. The summed E-state index contributed by atoms with van der Waals surface area (Å²) in [6.45, 7) is 6.09. The predicted octanol–water partition coefficient (Wildman–Crippen LogP) is 2.19. The summed E-state index contributed by atoms with van der Waals surface area (Å²) < 4.78 is 10.9. The van der Waals surface area contributed by atoms with Gasteiger partial charge in [-0.2, -0.15) is 0 Å². The quantitative estimate of drug-likeness (QED) is 0.584. The van der Waals surface area contributed by atoms with Gasteiger partial charge in [0.25, 0.3) is 0 Å². The fraction of sp³-hybridized carbons (Fsp3) is 1.00. The molecule has 11 heavy (non-hydrogen) atoms. The maximum atomic E-state index is 5.49. The molecule has 2 nitrogen and oxygen atoms in total. The number of unbranched alkanes of at least 4 members (excludes halogenated alkanes) is 1. The first-order chi connectivity index (χ1) is 5.33. The van der Waals surface area contributed by atoms with Crippen molar-refractivity contribution in [1.29, 1.82) is 0 Å². The summed E-state index contributed by atoms with van der Waals surface area (Å²) in [6, 6.07) is 0. The lowest BCUT2D eigenvalue weighted by atomic mass is 10.1. The molecule has 0 bridgehead atoms. The Bertz CT molecular complexity index is 104. The fourth-order valence-electron chi connectivity index (χ4n) is 1.21. The van der Waals surface area contributed by atoms with Gasteiger partial charge in [0.1, 0.15) is 0 Å². The van der Waals surface area contributed by atoms with Crippen LogP contribution in [0.1, 0.15) is 33.1 Å². The summed E-state index contributed by atoms with van der Waals surface area (Å²) in [4.78, 5) is 0. The van der Waals surface area contributed by atoms with Crippen molar-refractivity contribution in [1.82, 2.24) is 0 Å². The highest BCUT2D eigenvalue weighted by Crippen LogP contribution is 2.19. The summed E-state index contributed by atoms with van der Waals surface area (Å²) in [5, 5.41) is 0. The molecule has 1 aliphatic rings. The second kappa shape index (κ2) is 4.73. The Morgan fingerprint density at radius 3 is 2.91 bits per heavy atom. The molecule has 0 N–H and O–H groups in total. The lowest BCUT2D eigenvalue weighted by molar-refractivity contribution is -0.111. The van der Waals surface area contributed by atoms with Crippen molar-refractivity contribution in [2.24, 2.45) is 5.92 Å². The summed E-state index contributed by atoms with van der Waals surface area (Å²) in [5.41, 5.74) is 0. The molecule has 0 spiro atoms. The van der Waals surface area contributed by atoms with Crippen molar-refractivity contribution in [3.8, 4) is 0 Å². The Hall–Kier alpha value is -0.0800. The van der Waals surface area contributed by atoms with Crippen LogP contribution < -0.4 is 0 Å². The van der Waals surface area contributed by atoms with Crippen LogP contribution in [-0.4, -0.2) is 19.5 Å². The third kappa shape index (κ3) is 3.21. The SMILES string of the molecule is CCCCO[C@H]1C[C@@H](C)CO1. The van der Waals surface area contributed by atoms with Crippen molar-refractivity contribution in [3.63, 3.8) is 0 Å². The van der Waals surface area contributed by atoms with Gasteiger partial charge in [-0.25, -0.2) is 0 Å². The zero-order chi connectivity index (χ0) is 8.10. The number of rotatable bonds is 4. The van der Waals surface area contributed by atoms with Crippen molar-refractivity contribution in [2.45, 2.75) is 39.4 Å². The van der Waals surface area contributed by atoms with Gasteiger partial charge in [0.05, 0.1) is 6.61 Å². The van der Waals surface area contributed by atoms with E-state index in [4.69, 9.17) is 9.47 Å². The van der Waals surface area contributed by atoms with Gasteiger partial charge in [0.2, 0.25) is 0 Å². The van der Waals surface area contributed by atoms with Crippen molar-refractivity contribution < 1.29 is 9.47 Å². The van der Waals surface area contributed by atoms with Crippen LogP contribution in [0, 0.1) is 5.92 Å². The molecule has 2 atom stereocenters. The van der Waals surface area contributed by atoms with Gasteiger partial charge in [-0.1, -0.05) is 20.3 Å². The third-order valence-corrected chi connectivity index (χ3v) is 1.96. The molecule has 66 valence electrons. The van der Waals surface area contributed by atoms with E-state index < -0.39 is 0 Å². The summed E-state index contributed by atoms with van der Waals surface area (Å²) in [5.74, 6) is 0.682. The van der Waals surface area contributed by atoms with Crippen molar-refractivity contribution >= 4 is 0 Å². The first kappa shape index (κ1) is 9.01. The Morgan fingerprint density at radius 2 is 2.36 bits per heavy atom. The Labute approximate surface area is 68.9 Å². The first-order valence-electron chi connectivity index (χ1n) is 4.56. The topological polar surface area (TPSA) is 18.5 Å². The molecule has 0 radical (unpaired) electrons. The van der Waals surface area contributed by atoms with E-state index in [1.807, 2.05) is 0 Å². The van der Waals surface area contributed by atoms with Gasteiger partial charge in [0.15, 0.2) is 6.29 Å². The monoisotopic (exact) mass is 158 g/mol. The minimum Gasteiger partial charge on any atom is -0.353 e. The lowest BCUT2D eigenvalue weighted by Crippen LogP contribution is -2.11. The van der Waals surface area contributed by atoms with E-state index in [-0.39, 0.29) is 6.29 Å². The second-order valence-corrected chi connectivity index (χ2v) is 3.33. The zero-order valence-electron chi connectivity index (χ0n) is 7.51. The third-order valence-electron chi connectivity index (χ3n) is 1.96. The van der Waals surface area contributed by atoms with Crippen LogP contribution in [0.15, 0.2) is 0 Å². The average Bonchev–Trinajstić information content (AvgIpc) is 2.37. The van der Waals surface area contributed by atoms with E-state index in [9.17, 15) is 0 Å². The molecule has 0 saturated carbocycles. The number of hydrogen-bond donors (Lipinski definition) is 0. The highest BCUT2D eigenvalue weighted by Gasteiger charge is 2.21. The maximum absolute atomic E-state index is 5.49. The van der Waals surface area contributed by atoms with E-state index in [1.165, 1.54) is 6.42 Å². The van der Waals surface area contributed by atoms with Crippen LogP contribution in [-0.2, 0) is 9.47 Å². The average molecular weight is 158 g/mol. The minimum absolute atomic E-state index is 0.0940. The van der Waals surface area contributed by atoms with Crippen LogP contribution in [0.3, 0.4) is 0 Å². The molecule has 2 heteroatoms.